The van der Waals surface area contributed by atoms with Crippen LogP contribution in [0.15, 0.2) is 30.3 Å². The topological polar surface area (TPSA) is 92.3 Å². The maximum Gasteiger partial charge on any atom is 0.270 e. The minimum Gasteiger partial charge on any atom is -0.347 e. The molecule has 1 N–H and O–H groups in total. The molecule has 1 unspecified atom stereocenters. The second kappa shape index (κ2) is 7.64. The number of carbonyl (C=O) groups excluding carboxylic acids is 1. The molecule has 1 aliphatic rings. The van der Waals surface area contributed by atoms with Crippen LogP contribution in [0.25, 0.3) is 0 Å². The van der Waals surface area contributed by atoms with E-state index in [1.54, 1.807) is 24.9 Å². The quantitative estimate of drug-likeness (QED) is 0.837. The fraction of sp³-hybridized carbons (Fsp3) is 0.421. The number of nitrogens with one attached hydrogen (secondary N) is 1. The van der Waals surface area contributed by atoms with Gasteiger partial charge in [-0.05, 0) is 31.9 Å². The molecule has 1 atom stereocenters. The van der Waals surface area contributed by atoms with E-state index < -0.39 is 9.84 Å². The molecule has 2 aromatic rings. The van der Waals surface area contributed by atoms with Crippen molar-refractivity contribution < 1.29 is 13.2 Å². The van der Waals surface area contributed by atoms with Crippen molar-refractivity contribution in [1.82, 2.24) is 15.3 Å². The van der Waals surface area contributed by atoms with E-state index >= 15 is 0 Å². The lowest BCUT2D eigenvalue weighted by atomic mass is 10.1. The highest BCUT2D eigenvalue weighted by molar-refractivity contribution is 7.91. The van der Waals surface area contributed by atoms with E-state index in [-0.39, 0.29) is 29.1 Å². The van der Waals surface area contributed by atoms with Crippen molar-refractivity contribution in [3.63, 3.8) is 0 Å². The summed E-state index contributed by atoms with van der Waals surface area (Å²) in [7, 11) is -1.23. The minimum absolute atomic E-state index is 0.0930. The number of sulfone groups is 1. The van der Waals surface area contributed by atoms with Gasteiger partial charge in [-0.1, -0.05) is 29.8 Å². The summed E-state index contributed by atoms with van der Waals surface area (Å²) in [5, 5.41) is 2.87. The predicted octanol–water partition coefficient (Wildman–Crippen LogP) is 1.65. The van der Waals surface area contributed by atoms with Gasteiger partial charge in [-0.3, -0.25) is 4.79 Å². The van der Waals surface area contributed by atoms with Crippen LogP contribution in [0, 0.1) is 13.8 Å². The number of rotatable bonds is 5. The maximum atomic E-state index is 12.5. The fourth-order valence-corrected chi connectivity index (χ4v) is 4.82. The highest BCUT2D eigenvalue weighted by Crippen LogP contribution is 2.20. The highest BCUT2D eigenvalue weighted by Gasteiger charge is 2.32. The van der Waals surface area contributed by atoms with Crippen molar-refractivity contribution in [2.24, 2.45) is 0 Å². The molecule has 3 rings (SSSR count). The Hall–Kier alpha value is -2.48. The number of carbonyl (C=O) groups is 1. The van der Waals surface area contributed by atoms with Gasteiger partial charge in [-0.15, -0.1) is 0 Å². The molecular formula is C19H24N4O3S. The normalized spacial score (nSPS) is 18.3. The molecule has 8 heteroatoms. The number of benzene rings is 1. The number of hydrogen-bond donors (Lipinski definition) is 1. The summed E-state index contributed by atoms with van der Waals surface area (Å²) in [4.78, 5) is 23.0. The van der Waals surface area contributed by atoms with Crippen molar-refractivity contribution in [3.8, 4) is 0 Å². The van der Waals surface area contributed by atoms with Gasteiger partial charge in [0.1, 0.15) is 5.69 Å². The molecule has 144 valence electrons. The standard InChI is InChI=1S/C19H24N4O3S/c1-13-4-6-15(7-5-13)11-20-18(24)17-10-14(2)21-19(22-17)23(3)16-8-9-27(25,26)12-16/h4-7,10,16H,8-9,11-12H2,1-3H3,(H,20,24). The number of aryl methyl sites for hydroxylation is 2. The number of amides is 1. The summed E-state index contributed by atoms with van der Waals surface area (Å²) >= 11 is 0. The van der Waals surface area contributed by atoms with Gasteiger partial charge < -0.3 is 10.2 Å². The second-order valence-electron chi connectivity index (χ2n) is 7.03. The van der Waals surface area contributed by atoms with Gasteiger partial charge in [-0.25, -0.2) is 18.4 Å². The molecule has 0 bridgehead atoms. The predicted molar refractivity (Wildman–Crippen MR) is 105 cm³/mol. The first-order valence-electron chi connectivity index (χ1n) is 8.86. The summed E-state index contributed by atoms with van der Waals surface area (Å²) in [6.45, 7) is 4.22. The summed E-state index contributed by atoms with van der Waals surface area (Å²) in [5.74, 6) is 0.361. The van der Waals surface area contributed by atoms with Crippen LogP contribution in [0.2, 0.25) is 0 Å². The van der Waals surface area contributed by atoms with Gasteiger partial charge in [0.15, 0.2) is 9.84 Å². The van der Waals surface area contributed by atoms with Gasteiger partial charge in [0.2, 0.25) is 5.95 Å². The SMILES string of the molecule is Cc1ccc(CNC(=O)c2cc(C)nc(N(C)C3CCS(=O)(=O)C3)n2)cc1. The smallest absolute Gasteiger partial charge is 0.270 e. The number of anilines is 1. The first-order valence-corrected chi connectivity index (χ1v) is 10.7. The number of hydrogen-bond acceptors (Lipinski definition) is 6. The summed E-state index contributed by atoms with van der Waals surface area (Å²) in [5.41, 5.74) is 3.11. The third kappa shape index (κ3) is 4.82. The van der Waals surface area contributed by atoms with Crippen LogP contribution in [0.1, 0.15) is 33.7 Å². The fourth-order valence-electron chi connectivity index (χ4n) is 3.05. The van der Waals surface area contributed by atoms with Gasteiger partial charge >= 0.3 is 0 Å². The molecule has 0 radical (unpaired) electrons. The lowest BCUT2D eigenvalue weighted by Crippen LogP contribution is -2.34. The first-order chi connectivity index (χ1) is 12.7. The van der Waals surface area contributed by atoms with Crippen LogP contribution in [0.5, 0.6) is 0 Å². The van der Waals surface area contributed by atoms with Gasteiger partial charge in [0.25, 0.3) is 5.91 Å². The lowest BCUT2D eigenvalue weighted by Gasteiger charge is -2.23. The zero-order chi connectivity index (χ0) is 19.6. The molecule has 0 spiro atoms. The average Bonchev–Trinajstić information content (AvgIpc) is 2.99. The number of aromatic nitrogens is 2. The second-order valence-corrected chi connectivity index (χ2v) is 9.26. The van der Waals surface area contributed by atoms with E-state index in [4.69, 9.17) is 0 Å². The Morgan fingerprint density at radius 1 is 1.22 bits per heavy atom. The molecule has 1 aromatic carbocycles. The Balaban J connectivity index is 1.72. The van der Waals surface area contributed by atoms with Gasteiger partial charge in [0.05, 0.1) is 11.5 Å². The van der Waals surface area contributed by atoms with Crippen LogP contribution < -0.4 is 10.2 Å². The van der Waals surface area contributed by atoms with Crippen molar-refractivity contribution in [2.75, 3.05) is 23.5 Å². The van der Waals surface area contributed by atoms with Crippen molar-refractivity contribution >= 4 is 21.7 Å². The van der Waals surface area contributed by atoms with Crippen molar-refractivity contribution in [1.29, 1.82) is 0 Å². The van der Waals surface area contributed by atoms with E-state index in [0.717, 1.165) is 11.1 Å². The Kier molecular flexibility index (Phi) is 5.46. The zero-order valence-electron chi connectivity index (χ0n) is 15.8. The highest BCUT2D eigenvalue weighted by atomic mass is 32.2. The third-order valence-corrected chi connectivity index (χ3v) is 6.47. The van der Waals surface area contributed by atoms with E-state index in [0.29, 0.717) is 24.6 Å². The van der Waals surface area contributed by atoms with Gasteiger partial charge in [0, 0.05) is 25.3 Å². The van der Waals surface area contributed by atoms with Crippen LogP contribution >= 0.6 is 0 Å². The molecule has 27 heavy (non-hydrogen) atoms. The average molecular weight is 388 g/mol. The van der Waals surface area contributed by atoms with Gasteiger partial charge in [-0.2, -0.15) is 0 Å². The molecule has 1 amide bonds. The van der Waals surface area contributed by atoms with Crippen LogP contribution in [0.4, 0.5) is 5.95 Å². The van der Waals surface area contributed by atoms with Crippen LogP contribution in [0.3, 0.4) is 0 Å². The van der Waals surface area contributed by atoms with E-state index in [9.17, 15) is 13.2 Å². The van der Waals surface area contributed by atoms with Crippen molar-refractivity contribution in [3.05, 3.63) is 52.8 Å². The molecule has 0 saturated carbocycles. The molecule has 1 aromatic heterocycles. The van der Waals surface area contributed by atoms with Crippen molar-refractivity contribution in [2.45, 2.75) is 32.9 Å². The molecule has 2 heterocycles. The first kappa shape index (κ1) is 19.3. The van der Waals surface area contributed by atoms with E-state index in [1.165, 1.54) is 0 Å². The largest absolute Gasteiger partial charge is 0.347 e. The third-order valence-electron chi connectivity index (χ3n) is 4.72. The maximum absolute atomic E-state index is 12.5. The minimum atomic E-state index is -3.00. The summed E-state index contributed by atoms with van der Waals surface area (Å²) in [6.07, 6.45) is 0.547. The number of nitrogens with zero attached hydrogens (tertiary/aromatic N) is 3. The summed E-state index contributed by atoms with van der Waals surface area (Å²) in [6, 6.07) is 9.41. The molecule has 7 nitrogen and oxygen atoms in total. The van der Waals surface area contributed by atoms with E-state index in [1.807, 2.05) is 31.2 Å². The molecule has 0 aliphatic carbocycles. The Labute approximate surface area is 159 Å². The molecule has 1 saturated heterocycles. The Bertz CT molecular complexity index is 942. The lowest BCUT2D eigenvalue weighted by molar-refractivity contribution is 0.0945. The Morgan fingerprint density at radius 2 is 1.93 bits per heavy atom. The summed E-state index contributed by atoms with van der Waals surface area (Å²) < 4.78 is 23.5. The molecule has 1 aliphatic heterocycles. The van der Waals surface area contributed by atoms with Crippen LogP contribution in [-0.4, -0.2) is 48.9 Å². The van der Waals surface area contributed by atoms with Crippen LogP contribution in [-0.2, 0) is 16.4 Å². The van der Waals surface area contributed by atoms with E-state index in [2.05, 4.69) is 15.3 Å². The monoisotopic (exact) mass is 388 g/mol. The zero-order valence-corrected chi connectivity index (χ0v) is 16.6. The Morgan fingerprint density at radius 3 is 2.56 bits per heavy atom. The molecular weight excluding hydrogens is 364 g/mol. The molecule has 1 fully saturated rings.